The van der Waals surface area contributed by atoms with Crippen LogP contribution in [0.5, 0.6) is 0 Å². The lowest BCUT2D eigenvalue weighted by molar-refractivity contribution is 0.573. The quantitative estimate of drug-likeness (QED) is 0.479. The molecule has 0 aliphatic rings. The van der Waals surface area contributed by atoms with Crippen LogP contribution in [0.3, 0.4) is 0 Å². The number of anilines is 1. The average Bonchev–Trinajstić information content (AvgIpc) is 2.27. The molecule has 0 radical (unpaired) electrons. The molecule has 0 bridgehead atoms. The first kappa shape index (κ1) is 15.9. The number of nitrogens with one attached hydrogen (secondary N) is 2. The minimum absolute atomic E-state index is 0.0145. The van der Waals surface area contributed by atoms with E-state index in [4.69, 9.17) is 5.73 Å². The van der Waals surface area contributed by atoms with Gasteiger partial charge in [-0.15, -0.1) is 0 Å². The Kier molecular flexibility index (Phi) is 4.91. The van der Waals surface area contributed by atoms with E-state index in [0.717, 1.165) is 6.26 Å². The molecule has 9 heteroatoms. The van der Waals surface area contributed by atoms with Crippen molar-refractivity contribution in [3.8, 4) is 0 Å². The highest BCUT2D eigenvalue weighted by Crippen LogP contribution is 2.19. The smallest absolute Gasteiger partial charge is 0.240 e. The maximum Gasteiger partial charge on any atom is 0.240 e. The Morgan fingerprint density at radius 2 is 1.68 bits per heavy atom. The topological polar surface area (TPSA) is 118 Å². The van der Waals surface area contributed by atoms with Gasteiger partial charge in [0.1, 0.15) is 0 Å². The van der Waals surface area contributed by atoms with Crippen LogP contribution in [0.25, 0.3) is 0 Å². The van der Waals surface area contributed by atoms with Crippen LogP contribution >= 0.6 is 0 Å². The van der Waals surface area contributed by atoms with Crippen LogP contribution in [0.4, 0.5) is 5.69 Å². The van der Waals surface area contributed by atoms with Crippen LogP contribution in [0.1, 0.15) is 5.56 Å². The third-order valence-corrected chi connectivity index (χ3v) is 4.73. The van der Waals surface area contributed by atoms with Gasteiger partial charge in [0.2, 0.25) is 20.0 Å². The molecular formula is C10H17N3O4S2. The largest absolute Gasteiger partial charge is 0.398 e. The van der Waals surface area contributed by atoms with E-state index in [1.165, 1.54) is 6.07 Å². The minimum atomic E-state index is -3.70. The van der Waals surface area contributed by atoms with Crippen LogP contribution < -0.4 is 15.2 Å². The van der Waals surface area contributed by atoms with Gasteiger partial charge in [-0.1, -0.05) is 6.07 Å². The summed E-state index contributed by atoms with van der Waals surface area (Å²) < 4.78 is 50.1. The van der Waals surface area contributed by atoms with E-state index < -0.39 is 20.0 Å². The van der Waals surface area contributed by atoms with Gasteiger partial charge < -0.3 is 5.73 Å². The zero-order chi connectivity index (χ0) is 14.7. The average molecular weight is 307 g/mol. The molecule has 0 saturated carbocycles. The highest BCUT2D eigenvalue weighted by molar-refractivity contribution is 7.89. The number of nitrogens with two attached hydrogens (primary N) is 1. The van der Waals surface area contributed by atoms with Crippen LogP contribution in [0.15, 0.2) is 23.1 Å². The summed E-state index contributed by atoms with van der Waals surface area (Å²) in [5.74, 6) is 0. The minimum Gasteiger partial charge on any atom is -0.398 e. The Bertz CT molecular complexity index is 653. The third kappa shape index (κ3) is 4.78. The molecule has 1 aromatic carbocycles. The Balaban J connectivity index is 2.74. The van der Waals surface area contributed by atoms with Crippen molar-refractivity contribution in [2.24, 2.45) is 0 Å². The molecule has 0 aliphatic carbocycles. The van der Waals surface area contributed by atoms with Crippen molar-refractivity contribution in [1.29, 1.82) is 0 Å². The number of benzene rings is 1. The summed E-state index contributed by atoms with van der Waals surface area (Å²) in [6.07, 6.45) is 1.00. The summed E-state index contributed by atoms with van der Waals surface area (Å²) in [6, 6.07) is 4.60. The monoisotopic (exact) mass is 307 g/mol. The summed E-state index contributed by atoms with van der Waals surface area (Å²) in [6.45, 7) is 1.56. The van der Waals surface area contributed by atoms with Crippen molar-refractivity contribution < 1.29 is 16.8 Å². The molecule has 0 amide bonds. The zero-order valence-electron chi connectivity index (χ0n) is 10.7. The van der Waals surface area contributed by atoms with Crippen LogP contribution in [-0.2, 0) is 20.0 Å². The zero-order valence-corrected chi connectivity index (χ0v) is 12.3. The Hall–Kier alpha value is -1.16. The lowest BCUT2D eigenvalue weighted by Crippen LogP contribution is -2.34. The Morgan fingerprint density at radius 3 is 2.26 bits per heavy atom. The molecule has 0 aliphatic heterocycles. The first-order chi connectivity index (χ1) is 8.63. The number of sulfonamides is 2. The van der Waals surface area contributed by atoms with Gasteiger partial charge in [-0.25, -0.2) is 26.3 Å². The van der Waals surface area contributed by atoms with Crippen molar-refractivity contribution in [3.05, 3.63) is 23.8 Å². The van der Waals surface area contributed by atoms with E-state index in [1.807, 2.05) is 0 Å². The fourth-order valence-corrected chi connectivity index (χ4v) is 3.20. The lowest BCUT2D eigenvalue weighted by Gasteiger charge is -2.10. The first-order valence-corrected chi connectivity index (χ1v) is 8.80. The van der Waals surface area contributed by atoms with Gasteiger partial charge in [0.05, 0.1) is 11.2 Å². The Labute approximate surface area is 113 Å². The summed E-state index contributed by atoms with van der Waals surface area (Å²) in [7, 11) is -7.02. The van der Waals surface area contributed by atoms with Crippen molar-refractivity contribution in [2.75, 3.05) is 25.1 Å². The van der Waals surface area contributed by atoms with Gasteiger partial charge in [-0.3, -0.25) is 0 Å². The highest BCUT2D eigenvalue weighted by Gasteiger charge is 2.17. The molecule has 0 aromatic heterocycles. The number of hydrogen-bond acceptors (Lipinski definition) is 5. The molecule has 0 atom stereocenters. The van der Waals surface area contributed by atoms with Gasteiger partial charge in [0, 0.05) is 18.8 Å². The lowest BCUT2D eigenvalue weighted by atomic mass is 10.2. The van der Waals surface area contributed by atoms with Gasteiger partial charge in [-0.2, -0.15) is 0 Å². The second-order valence-corrected chi connectivity index (χ2v) is 7.60. The van der Waals surface area contributed by atoms with Gasteiger partial charge in [-0.05, 0) is 24.6 Å². The van der Waals surface area contributed by atoms with Crippen molar-refractivity contribution in [2.45, 2.75) is 11.8 Å². The van der Waals surface area contributed by atoms with E-state index in [-0.39, 0.29) is 18.0 Å². The van der Waals surface area contributed by atoms with E-state index >= 15 is 0 Å². The SMILES string of the molecule is Cc1c(N)cccc1S(=O)(=O)NCCNS(C)(=O)=O. The molecule has 1 rings (SSSR count). The van der Waals surface area contributed by atoms with Crippen molar-refractivity contribution in [1.82, 2.24) is 9.44 Å². The third-order valence-electron chi connectivity index (χ3n) is 2.40. The van der Waals surface area contributed by atoms with E-state index in [9.17, 15) is 16.8 Å². The van der Waals surface area contributed by atoms with Gasteiger partial charge in [0.25, 0.3) is 0 Å². The maximum atomic E-state index is 12.0. The molecule has 19 heavy (non-hydrogen) atoms. The molecule has 4 N–H and O–H groups in total. The van der Waals surface area contributed by atoms with Crippen molar-refractivity contribution >= 4 is 25.7 Å². The fourth-order valence-electron chi connectivity index (χ4n) is 1.42. The molecule has 7 nitrogen and oxygen atoms in total. The van der Waals surface area contributed by atoms with Crippen LogP contribution in [-0.4, -0.2) is 36.2 Å². The van der Waals surface area contributed by atoms with E-state index in [1.54, 1.807) is 19.1 Å². The molecule has 0 spiro atoms. The summed E-state index contributed by atoms with van der Waals surface area (Å²) in [5.41, 5.74) is 6.50. The number of rotatable bonds is 6. The molecule has 1 aromatic rings. The highest BCUT2D eigenvalue weighted by atomic mass is 32.2. The van der Waals surface area contributed by atoms with E-state index in [2.05, 4.69) is 9.44 Å². The summed E-state index contributed by atoms with van der Waals surface area (Å²) >= 11 is 0. The molecule has 0 saturated heterocycles. The first-order valence-electron chi connectivity index (χ1n) is 5.43. The van der Waals surface area contributed by atoms with Crippen LogP contribution in [0, 0.1) is 6.92 Å². The molecule has 0 heterocycles. The van der Waals surface area contributed by atoms with Gasteiger partial charge in [0.15, 0.2) is 0 Å². The fraction of sp³-hybridized carbons (Fsp3) is 0.400. The maximum absolute atomic E-state index is 12.0. The summed E-state index contributed by atoms with van der Waals surface area (Å²) in [4.78, 5) is 0.0897. The number of nitrogen functional groups attached to an aromatic ring is 1. The second kappa shape index (κ2) is 5.87. The van der Waals surface area contributed by atoms with Gasteiger partial charge >= 0.3 is 0 Å². The normalized spacial score (nSPS) is 12.5. The molecule has 0 fully saturated rings. The Morgan fingerprint density at radius 1 is 1.11 bits per heavy atom. The van der Waals surface area contributed by atoms with E-state index in [0.29, 0.717) is 11.3 Å². The molecule has 108 valence electrons. The predicted molar refractivity (Wildman–Crippen MR) is 73.6 cm³/mol. The summed E-state index contributed by atoms with van der Waals surface area (Å²) in [5, 5.41) is 0. The molecule has 0 unspecified atom stereocenters. The van der Waals surface area contributed by atoms with Crippen LogP contribution in [0.2, 0.25) is 0 Å². The predicted octanol–water partition coefficient (Wildman–Crippen LogP) is -0.595. The van der Waals surface area contributed by atoms with Crippen molar-refractivity contribution in [3.63, 3.8) is 0 Å². The molecular weight excluding hydrogens is 290 g/mol. The number of hydrogen-bond donors (Lipinski definition) is 3. The second-order valence-electron chi connectivity index (χ2n) is 4.03. The standard InChI is InChI=1S/C10H17N3O4S2/c1-8-9(11)4-3-5-10(8)19(16,17)13-7-6-12-18(2,14)15/h3-5,12-13H,6-7,11H2,1-2H3.